The van der Waals surface area contributed by atoms with E-state index in [1.165, 1.54) is 16.7 Å². The van der Waals surface area contributed by atoms with E-state index in [2.05, 4.69) is 67.6 Å². The molecule has 0 fully saturated rings. The molecule has 1 amide bonds. The van der Waals surface area contributed by atoms with Gasteiger partial charge in [0, 0.05) is 5.56 Å². The topological polar surface area (TPSA) is 51.4 Å². The van der Waals surface area contributed by atoms with E-state index in [9.17, 15) is 4.79 Å². The number of anilines is 1. The Kier molecular flexibility index (Phi) is 6.73. The zero-order valence-electron chi connectivity index (χ0n) is 18.9. The van der Waals surface area contributed by atoms with Crippen LogP contribution in [0.15, 0.2) is 48.5 Å². The van der Waals surface area contributed by atoms with Crippen LogP contribution in [0.3, 0.4) is 0 Å². The minimum atomic E-state index is 0.000886. The highest BCUT2D eigenvalue weighted by atomic mass is 16.2. The largest absolute Gasteiger partial charge is 0.326 e. The van der Waals surface area contributed by atoms with Gasteiger partial charge < -0.3 is 10.2 Å². The van der Waals surface area contributed by atoms with Crippen LogP contribution in [0.2, 0.25) is 0 Å². The van der Waals surface area contributed by atoms with Crippen molar-refractivity contribution in [2.24, 2.45) is 0 Å². The summed E-state index contributed by atoms with van der Waals surface area (Å²) in [6, 6.07) is 16.9. The number of aromatic nitrogens is 2. The number of carbonyl (C=O) groups excluding carboxylic acids is 1. The van der Waals surface area contributed by atoms with Crippen LogP contribution in [-0.4, -0.2) is 29.3 Å². The Bertz CT molecular complexity index is 1000. The first-order valence-corrected chi connectivity index (χ1v) is 10.6. The molecule has 1 heterocycles. The number of benzene rings is 2. The number of rotatable bonds is 7. The highest BCUT2D eigenvalue weighted by Crippen LogP contribution is 2.23. The molecule has 0 radical (unpaired) electrons. The summed E-state index contributed by atoms with van der Waals surface area (Å²) < 4.78 is 1.89. The molecule has 2 N–H and O–H groups in total. The van der Waals surface area contributed by atoms with Crippen molar-refractivity contribution >= 4 is 11.6 Å². The number of quaternary nitrogens is 1. The van der Waals surface area contributed by atoms with Gasteiger partial charge in [-0.1, -0.05) is 55.8 Å². The van der Waals surface area contributed by atoms with Gasteiger partial charge in [0.15, 0.2) is 6.54 Å². The van der Waals surface area contributed by atoms with E-state index in [1.54, 1.807) is 0 Å². The van der Waals surface area contributed by atoms with E-state index in [-0.39, 0.29) is 5.91 Å². The van der Waals surface area contributed by atoms with E-state index in [1.807, 2.05) is 37.7 Å². The Morgan fingerprint density at radius 2 is 1.67 bits per heavy atom. The number of aryl methyl sites for hydroxylation is 2. The number of carbonyl (C=O) groups is 1. The Labute approximate surface area is 179 Å². The number of hydrogen-bond acceptors (Lipinski definition) is 2. The molecule has 0 aliphatic heterocycles. The fraction of sp³-hybridized carbons (Fsp3) is 0.360. The smallest absolute Gasteiger partial charge is 0.279 e. The number of hydrogen-bond donors (Lipinski definition) is 2. The molecule has 1 unspecified atom stereocenters. The van der Waals surface area contributed by atoms with Crippen LogP contribution < -0.4 is 10.2 Å². The van der Waals surface area contributed by atoms with Crippen molar-refractivity contribution in [1.29, 1.82) is 0 Å². The second-order valence-corrected chi connectivity index (χ2v) is 8.55. The van der Waals surface area contributed by atoms with Crippen LogP contribution in [0.4, 0.5) is 5.69 Å². The van der Waals surface area contributed by atoms with Gasteiger partial charge in [-0.3, -0.25) is 4.79 Å². The summed E-state index contributed by atoms with van der Waals surface area (Å²) in [6.45, 7) is 11.6. The van der Waals surface area contributed by atoms with E-state index in [0.29, 0.717) is 12.5 Å². The monoisotopic (exact) mass is 405 g/mol. The quantitative estimate of drug-likeness (QED) is 0.631. The molecule has 0 aliphatic carbocycles. The van der Waals surface area contributed by atoms with Crippen molar-refractivity contribution in [2.75, 3.05) is 18.9 Å². The van der Waals surface area contributed by atoms with Gasteiger partial charge in [0.25, 0.3) is 5.91 Å². The molecule has 3 rings (SSSR count). The molecule has 158 valence electrons. The van der Waals surface area contributed by atoms with Crippen LogP contribution in [0.25, 0.3) is 5.69 Å². The summed E-state index contributed by atoms with van der Waals surface area (Å²) in [5, 5.41) is 7.71. The highest BCUT2D eigenvalue weighted by molar-refractivity contribution is 5.92. The van der Waals surface area contributed by atoms with Crippen molar-refractivity contribution < 1.29 is 9.69 Å². The Morgan fingerprint density at radius 3 is 2.27 bits per heavy atom. The first-order chi connectivity index (χ1) is 14.2. The first kappa shape index (κ1) is 21.8. The molecule has 5 nitrogen and oxygen atoms in total. The molecule has 2 aromatic carbocycles. The van der Waals surface area contributed by atoms with Crippen LogP contribution in [0.5, 0.6) is 0 Å². The average molecular weight is 406 g/mol. The maximum Gasteiger partial charge on any atom is 0.279 e. The normalized spacial score (nSPS) is 12.2. The van der Waals surface area contributed by atoms with Crippen LogP contribution in [-0.2, 0) is 11.3 Å². The molecule has 0 saturated carbocycles. The summed E-state index contributed by atoms with van der Waals surface area (Å²) >= 11 is 0. The van der Waals surface area contributed by atoms with Gasteiger partial charge in [-0.2, -0.15) is 5.10 Å². The minimum absolute atomic E-state index is 0.000886. The Morgan fingerprint density at radius 1 is 1.03 bits per heavy atom. The van der Waals surface area contributed by atoms with E-state index < -0.39 is 0 Å². The van der Waals surface area contributed by atoms with Crippen molar-refractivity contribution in [3.63, 3.8) is 0 Å². The number of nitrogens with one attached hydrogen (secondary N) is 2. The average Bonchev–Trinajstić information content (AvgIpc) is 2.97. The fourth-order valence-electron chi connectivity index (χ4n) is 3.65. The molecular weight excluding hydrogens is 372 g/mol. The number of amides is 1. The van der Waals surface area contributed by atoms with Crippen LogP contribution >= 0.6 is 0 Å². The third kappa shape index (κ3) is 5.16. The van der Waals surface area contributed by atoms with Gasteiger partial charge in [-0.25, -0.2) is 4.68 Å². The molecule has 1 aromatic heterocycles. The van der Waals surface area contributed by atoms with E-state index >= 15 is 0 Å². The molecular formula is C25H33N4O+. The van der Waals surface area contributed by atoms with Crippen LogP contribution in [0.1, 0.15) is 47.8 Å². The lowest BCUT2D eigenvalue weighted by atomic mass is 10.0. The Balaban J connectivity index is 1.63. The van der Waals surface area contributed by atoms with Gasteiger partial charge in [0.2, 0.25) is 0 Å². The highest BCUT2D eigenvalue weighted by Gasteiger charge is 2.17. The maximum atomic E-state index is 12.7. The second kappa shape index (κ2) is 9.26. The van der Waals surface area contributed by atoms with Crippen molar-refractivity contribution in [3.05, 3.63) is 76.6 Å². The van der Waals surface area contributed by atoms with Gasteiger partial charge in [-0.05, 0) is 44.4 Å². The Hall–Kier alpha value is -2.92. The van der Waals surface area contributed by atoms with Crippen molar-refractivity contribution in [1.82, 2.24) is 9.78 Å². The van der Waals surface area contributed by atoms with Crippen molar-refractivity contribution in [2.45, 2.75) is 47.1 Å². The molecule has 5 heteroatoms. The molecule has 30 heavy (non-hydrogen) atoms. The predicted octanol–water partition coefficient (Wildman–Crippen LogP) is 3.57. The standard InChI is InChI=1S/C25H32N4O/c1-17(2)22-11-9-21(10-12-22)15-28(6)16-24(30)26-25-19(4)27-29(20(25)5)23-13-7-18(3)8-14-23/h7-14,17H,15-16H2,1-6H3,(H,26,30)/p+1. The maximum absolute atomic E-state index is 12.7. The molecule has 0 aliphatic rings. The molecule has 0 saturated heterocycles. The molecule has 3 aromatic rings. The van der Waals surface area contributed by atoms with Gasteiger partial charge in [0.05, 0.1) is 29.8 Å². The van der Waals surface area contributed by atoms with Crippen LogP contribution in [0, 0.1) is 20.8 Å². The zero-order valence-corrected chi connectivity index (χ0v) is 18.9. The summed E-state index contributed by atoms with van der Waals surface area (Å²) in [4.78, 5) is 13.8. The molecule has 0 bridgehead atoms. The van der Waals surface area contributed by atoms with E-state index in [0.717, 1.165) is 34.2 Å². The van der Waals surface area contributed by atoms with Gasteiger partial charge in [-0.15, -0.1) is 0 Å². The number of likely N-dealkylation sites (N-methyl/N-ethyl adjacent to an activating group) is 1. The lowest BCUT2D eigenvalue weighted by Gasteiger charge is -2.15. The lowest BCUT2D eigenvalue weighted by molar-refractivity contribution is -0.885. The zero-order chi connectivity index (χ0) is 21.8. The lowest BCUT2D eigenvalue weighted by Crippen LogP contribution is -3.08. The summed E-state index contributed by atoms with van der Waals surface area (Å²) in [7, 11) is 2.05. The van der Waals surface area contributed by atoms with Gasteiger partial charge in [0.1, 0.15) is 6.54 Å². The third-order valence-electron chi connectivity index (χ3n) is 5.45. The second-order valence-electron chi connectivity index (χ2n) is 8.55. The SMILES string of the molecule is Cc1ccc(-n2nc(C)c(NC(=O)C[NH+](C)Cc3ccc(C(C)C)cc3)c2C)cc1. The van der Waals surface area contributed by atoms with Gasteiger partial charge >= 0.3 is 0 Å². The molecule has 1 atom stereocenters. The number of nitrogens with zero attached hydrogens (tertiary/aromatic N) is 2. The summed E-state index contributed by atoms with van der Waals surface area (Å²) in [6.07, 6.45) is 0. The minimum Gasteiger partial charge on any atom is -0.326 e. The summed E-state index contributed by atoms with van der Waals surface area (Å²) in [5.74, 6) is 0.531. The summed E-state index contributed by atoms with van der Waals surface area (Å²) in [5.41, 5.74) is 7.34. The van der Waals surface area contributed by atoms with Crippen molar-refractivity contribution in [3.8, 4) is 5.69 Å². The fourth-order valence-corrected chi connectivity index (χ4v) is 3.65. The van der Waals surface area contributed by atoms with E-state index in [4.69, 9.17) is 0 Å². The third-order valence-corrected chi connectivity index (χ3v) is 5.45. The molecule has 0 spiro atoms. The predicted molar refractivity (Wildman–Crippen MR) is 122 cm³/mol. The first-order valence-electron chi connectivity index (χ1n) is 10.6.